The predicted octanol–water partition coefficient (Wildman–Crippen LogP) is 5.28. The summed E-state index contributed by atoms with van der Waals surface area (Å²) < 4.78 is 43.9. The number of halogens is 3. The molecule has 0 saturated heterocycles. The molecule has 1 heterocycles. The second-order valence-electron chi connectivity index (χ2n) is 4.74. The van der Waals surface area contributed by atoms with Crippen LogP contribution in [0, 0.1) is 0 Å². The predicted molar refractivity (Wildman–Crippen MR) is 79.9 cm³/mol. The van der Waals surface area contributed by atoms with E-state index in [0.29, 0.717) is 12.2 Å². The van der Waals surface area contributed by atoms with Crippen molar-refractivity contribution in [2.75, 3.05) is 0 Å². The van der Waals surface area contributed by atoms with Crippen molar-refractivity contribution < 1.29 is 22.4 Å². The van der Waals surface area contributed by atoms with Gasteiger partial charge in [0.15, 0.2) is 5.78 Å². The summed E-state index contributed by atoms with van der Waals surface area (Å²) in [5.74, 6) is -0.769. The van der Waals surface area contributed by atoms with E-state index in [4.69, 9.17) is 4.42 Å². The summed E-state index contributed by atoms with van der Waals surface area (Å²) in [5.41, 5.74) is -4.22. The third-order valence-corrected chi connectivity index (χ3v) is 4.36. The molecule has 1 aromatic carbocycles. The summed E-state index contributed by atoms with van der Waals surface area (Å²) in [7, 11) is 0. The highest BCUT2D eigenvalue weighted by Gasteiger charge is 2.41. The Hall–Kier alpha value is -1.69. The number of carbonyl (C=O) groups excluding carboxylic acids is 1. The van der Waals surface area contributed by atoms with Crippen molar-refractivity contribution in [1.29, 1.82) is 0 Å². The fourth-order valence-electron chi connectivity index (χ4n) is 2.30. The zero-order valence-corrected chi connectivity index (χ0v) is 12.7. The van der Waals surface area contributed by atoms with Crippen LogP contribution in [0.1, 0.15) is 35.4 Å². The van der Waals surface area contributed by atoms with Crippen LogP contribution in [-0.2, 0) is 0 Å². The van der Waals surface area contributed by atoms with Crippen molar-refractivity contribution in [3.05, 3.63) is 60.1 Å². The lowest BCUT2D eigenvalue weighted by atomic mass is 9.93. The largest absolute Gasteiger partial charge is 0.469 e. The van der Waals surface area contributed by atoms with Gasteiger partial charge in [0.1, 0.15) is 5.76 Å². The minimum absolute atomic E-state index is 0.272. The summed E-state index contributed by atoms with van der Waals surface area (Å²) in [6.07, 6.45) is 1.78. The van der Waals surface area contributed by atoms with Gasteiger partial charge in [0, 0.05) is 11.5 Å². The van der Waals surface area contributed by atoms with Crippen LogP contribution in [0.4, 0.5) is 13.2 Å². The number of rotatable bonds is 6. The van der Waals surface area contributed by atoms with E-state index in [0.717, 1.165) is 0 Å². The maximum atomic E-state index is 12.9. The Morgan fingerprint density at radius 1 is 1.18 bits per heavy atom. The van der Waals surface area contributed by atoms with Gasteiger partial charge in [-0.25, -0.2) is 0 Å². The van der Waals surface area contributed by atoms with E-state index < -0.39 is 22.5 Å². The third kappa shape index (κ3) is 4.16. The lowest BCUT2D eigenvalue weighted by Crippen LogP contribution is -2.28. The monoisotopic (exact) mass is 328 g/mol. The van der Waals surface area contributed by atoms with E-state index in [2.05, 4.69) is 0 Å². The number of ketones is 1. The molecule has 0 aliphatic rings. The molecule has 0 aliphatic carbocycles. The number of hydrogen-bond donors (Lipinski definition) is 0. The highest BCUT2D eigenvalue weighted by molar-refractivity contribution is 8.01. The zero-order valence-electron chi connectivity index (χ0n) is 11.8. The van der Waals surface area contributed by atoms with Gasteiger partial charge in [-0.05, 0) is 30.3 Å². The summed E-state index contributed by atoms with van der Waals surface area (Å²) in [5, 5.41) is -1.27. The molecule has 1 aromatic heterocycles. The standard InChI is InChI=1S/C16H15F3O2S/c1-2-12(13-9-6-10-21-13)15(22-16(17,18)19)14(20)11-7-4-3-5-8-11/h3-10,12,15H,2H2,1H3/t12-,15+/m1/s1. The van der Waals surface area contributed by atoms with Crippen LogP contribution in [0.2, 0.25) is 0 Å². The smallest absolute Gasteiger partial charge is 0.442 e. The van der Waals surface area contributed by atoms with Gasteiger partial charge in [0.05, 0.1) is 11.5 Å². The quantitative estimate of drug-likeness (QED) is 0.676. The molecule has 2 rings (SSSR count). The minimum Gasteiger partial charge on any atom is -0.469 e. The molecule has 2 aromatic rings. The summed E-state index contributed by atoms with van der Waals surface area (Å²) in [6, 6.07) is 11.3. The van der Waals surface area contributed by atoms with Crippen molar-refractivity contribution >= 4 is 17.5 Å². The van der Waals surface area contributed by atoms with Gasteiger partial charge in [-0.3, -0.25) is 4.79 Å². The van der Waals surface area contributed by atoms with Gasteiger partial charge in [-0.15, -0.1) is 0 Å². The van der Waals surface area contributed by atoms with E-state index in [1.165, 1.54) is 18.4 Å². The summed E-state index contributed by atoms with van der Waals surface area (Å²) in [6.45, 7) is 1.75. The Morgan fingerprint density at radius 3 is 2.36 bits per heavy atom. The van der Waals surface area contributed by atoms with Crippen LogP contribution >= 0.6 is 11.8 Å². The van der Waals surface area contributed by atoms with Crippen molar-refractivity contribution in [2.45, 2.75) is 30.0 Å². The molecule has 0 amide bonds. The van der Waals surface area contributed by atoms with E-state index in [-0.39, 0.29) is 17.3 Å². The molecule has 22 heavy (non-hydrogen) atoms. The molecule has 0 bridgehead atoms. The number of thioether (sulfide) groups is 1. The molecule has 0 spiro atoms. The van der Waals surface area contributed by atoms with Gasteiger partial charge in [-0.1, -0.05) is 37.3 Å². The molecule has 0 N–H and O–H groups in total. The first kappa shape index (κ1) is 16.7. The molecule has 2 nitrogen and oxygen atoms in total. The molecule has 0 fully saturated rings. The highest BCUT2D eigenvalue weighted by Crippen LogP contribution is 2.42. The lowest BCUT2D eigenvalue weighted by Gasteiger charge is -2.24. The van der Waals surface area contributed by atoms with Crippen LogP contribution in [0.5, 0.6) is 0 Å². The average molecular weight is 328 g/mol. The van der Waals surface area contributed by atoms with E-state index in [9.17, 15) is 18.0 Å². The third-order valence-electron chi connectivity index (χ3n) is 3.29. The second kappa shape index (κ2) is 7.05. The molecule has 0 unspecified atom stereocenters. The number of hydrogen-bond acceptors (Lipinski definition) is 3. The molecule has 2 atom stereocenters. The Labute approximate surface area is 130 Å². The highest BCUT2D eigenvalue weighted by atomic mass is 32.2. The Kier molecular flexibility index (Phi) is 5.34. The lowest BCUT2D eigenvalue weighted by molar-refractivity contribution is -0.0335. The summed E-state index contributed by atoms with van der Waals surface area (Å²) in [4.78, 5) is 12.6. The number of carbonyl (C=O) groups is 1. The maximum Gasteiger partial charge on any atom is 0.442 e. The molecular weight excluding hydrogens is 313 g/mol. The van der Waals surface area contributed by atoms with Gasteiger partial charge >= 0.3 is 5.51 Å². The molecule has 6 heteroatoms. The molecule has 0 aliphatic heterocycles. The number of benzene rings is 1. The van der Waals surface area contributed by atoms with Gasteiger partial charge in [0.2, 0.25) is 0 Å². The Morgan fingerprint density at radius 2 is 1.86 bits per heavy atom. The second-order valence-corrected chi connectivity index (χ2v) is 5.95. The van der Waals surface area contributed by atoms with Crippen molar-refractivity contribution in [2.24, 2.45) is 0 Å². The van der Waals surface area contributed by atoms with Crippen LogP contribution in [0.25, 0.3) is 0 Å². The van der Waals surface area contributed by atoms with Gasteiger partial charge in [0.25, 0.3) is 0 Å². The SMILES string of the molecule is CC[C@H](c1ccco1)[C@H](SC(F)(F)F)C(=O)c1ccccc1. The van der Waals surface area contributed by atoms with Crippen LogP contribution in [0.3, 0.4) is 0 Å². The van der Waals surface area contributed by atoms with Gasteiger partial charge in [-0.2, -0.15) is 13.2 Å². The normalized spacial score (nSPS) is 14.5. The Balaban J connectivity index is 2.35. The average Bonchev–Trinajstić information content (AvgIpc) is 3.00. The van der Waals surface area contributed by atoms with Crippen molar-refractivity contribution in [3.8, 4) is 0 Å². The fraction of sp³-hybridized carbons (Fsp3) is 0.312. The van der Waals surface area contributed by atoms with Crippen molar-refractivity contribution in [1.82, 2.24) is 0 Å². The molecule has 118 valence electrons. The van der Waals surface area contributed by atoms with Crippen LogP contribution in [-0.4, -0.2) is 16.5 Å². The number of Topliss-reactive ketones (excluding diaryl/α,β-unsaturated/α-hetero) is 1. The fourth-order valence-corrected chi connectivity index (χ4v) is 3.32. The minimum atomic E-state index is -4.49. The summed E-state index contributed by atoms with van der Waals surface area (Å²) >= 11 is -0.274. The van der Waals surface area contributed by atoms with Crippen LogP contribution in [0.15, 0.2) is 53.1 Å². The topological polar surface area (TPSA) is 30.2 Å². The first-order valence-electron chi connectivity index (χ1n) is 6.79. The molecule has 0 radical (unpaired) electrons. The van der Waals surface area contributed by atoms with Crippen molar-refractivity contribution in [3.63, 3.8) is 0 Å². The number of alkyl halides is 3. The zero-order chi connectivity index (χ0) is 16.2. The first-order chi connectivity index (χ1) is 10.4. The Bertz CT molecular complexity index is 594. The molecular formula is C16H15F3O2S. The molecule has 0 saturated carbocycles. The van der Waals surface area contributed by atoms with E-state index >= 15 is 0 Å². The number of furan rings is 1. The first-order valence-corrected chi connectivity index (χ1v) is 7.67. The van der Waals surface area contributed by atoms with E-state index in [1.54, 1.807) is 37.3 Å². The van der Waals surface area contributed by atoms with Crippen LogP contribution < -0.4 is 0 Å². The van der Waals surface area contributed by atoms with E-state index in [1.807, 2.05) is 0 Å². The maximum absolute atomic E-state index is 12.9. The van der Waals surface area contributed by atoms with Gasteiger partial charge < -0.3 is 4.42 Å².